The number of hydrogen-bond donors (Lipinski definition) is 0. The third-order valence-corrected chi connectivity index (χ3v) is 4.74. The molecule has 2 aromatic rings. The Morgan fingerprint density at radius 2 is 2.17 bits per heavy atom. The van der Waals surface area contributed by atoms with E-state index in [-0.39, 0.29) is 5.41 Å². The van der Waals surface area contributed by atoms with Crippen molar-refractivity contribution in [1.29, 1.82) is 0 Å². The molecule has 0 saturated carbocycles. The summed E-state index contributed by atoms with van der Waals surface area (Å²) in [5.41, 5.74) is 1.14. The van der Waals surface area contributed by atoms with E-state index < -0.39 is 0 Å². The van der Waals surface area contributed by atoms with Gasteiger partial charge in [-0.15, -0.1) is 0 Å². The number of fused-ring (bicyclic) bond motifs is 1. The second kappa shape index (κ2) is 6.22. The molecule has 2 saturated heterocycles. The van der Waals surface area contributed by atoms with E-state index in [4.69, 9.17) is 9.47 Å². The maximum absolute atomic E-state index is 6.01. The molecular formula is C17H20N4O2. The highest BCUT2D eigenvalue weighted by molar-refractivity contribution is 5.33. The molecular weight excluding hydrogens is 292 g/mol. The van der Waals surface area contributed by atoms with Crippen LogP contribution in [0.5, 0.6) is 0 Å². The van der Waals surface area contributed by atoms with Gasteiger partial charge in [0.15, 0.2) is 0 Å². The highest BCUT2D eigenvalue weighted by Crippen LogP contribution is 2.42. The molecule has 0 N–H and O–H groups in total. The molecule has 2 aliphatic heterocycles. The summed E-state index contributed by atoms with van der Waals surface area (Å²) in [4.78, 5) is 15.1. The van der Waals surface area contributed by atoms with E-state index >= 15 is 0 Å². The van der Waals surface area contributed by atoms with Gasteiger partial charge >= 0.3 is 0 Å². The Balaban J connectivity index is 1.41. The van der Waals surface area contributed by atoms with Crippen molar-refractivity contribution in [2.45, 2.75) is 6.61 Å². The predicted molar refractivity (Wildman–Crippen MR) is 84.9 cm³/mol. The largest absolute Gasteiger partial charge is 0.380 e. The topological polar surface area (TPSA) is 60.4 Å². The molecule has 0 aromatic carbocycles. The van der Waals surface area contributed by atoms with Gasteiger partial charge in [0.05, 0.1) is 26.4 Å². The van der Waals surface area contributed by atoms with Crippen LogP contribution in [-0.4, -0.2) is 47.9 Å². The van der Waals surface area contributed by atoms with Gasteiger partial charge in [-0.05, 0) is 17.7 Å². The van der Waals surface area contributed by atoms with E-state index in [1.165, 1.54) is 0 Å². The van der Waals surface area contributed by atoms with Gasteiger partial charge in [0.25, 0.3) is 0 Å². The zero-order valence-corrected chi connectivity index (χ0v) is 13.0. The smallest absolute Gasteiger partial charge is 0.225 e. The first-order valence-corrected chi connectivity index (χ1v) is 7.92. The average molecular weight is 312 g/mol. The number of pyridine rings is 1. The van der Waals surface area contributed by atoms with E-state index in [9.17, 15) is 0 Å². The van der Waals surface area contributed by atoms with Gasteiger partial charge in [-0.25, -0.2) is 9.97 Å². The second-order valence-corrected chi connectivity index (χ2v) is 6.36. The molecule has 0 amide bonds. The van der Waals surface area contributed by atoms with Crippen molar-refractivity contribution in [2.75, 3.05) is 37.8 Å². The fourth-order valence-electron chi connectivity index (χ4n) is 3.50. The Morgan fingerprint density at radius 1 is 1.26 bits per heavy atom. The lowest BCUT2D eigenvalue weighted by molar-refractivity contribution is 0.0262. The van der Waals surface area contributed by atoms with Crippen LogP contribution in [0.1, 0.15) is 5.56 Å². The van der Waals surface area contributed by atoms with Gasteiger partial charge in [-0.2, -0.15) is 0 Å². The van der Waals surface area contributed by atoms with Crippen LogP contribution in [0.4, 0.5) is 5.95 Å². The minimum absolute atomic E-state index is 0.0431. The molecule has 0 bridgehead atoms. The van der Waals surface area contributed by atoms with Crippen molar-refractivity contribution >= 4 is 5.95 Å². The van der Waals surface area contributed by atoms with E-state index in [0.29, 0.717) is 19.1 Å². The van der Waals surface area contributed by atoms with Crippen molar-refractivity contribution in [1.82, 2.24) is 15.0 Å². The summed E-state index contributed by atoms with van der Waals surface area (Å²) in [5.74, 6) is 1.27. The molecule has 2 atom stereocenters. The van der Waals surface area contributed by atoms with Crippen molar-refractivity contribution in [2.24, 2.45) is 11.3 Å². The first-order chi connectivity index (χ1) is 11.4. The number of ether oxygens (including phenoxy) is 2. The van der Waals surface area contributed by atoms with E-state index in [1.807, 2.05) is 24.4 Å². The normalized spacial score (nSPS) is 26.4. The van der Waals surface area contributed by atoms with Gasteiger partial charge in [-0.3, -0.25) is 4.98 Å². The van der Waals surface area contributed by atoms with Gasteiger partial charge in [0.1, 0.15) is 0 Å². The van der Waals surface area contributed by atoms with Crippen molar-refractivity contribution in [3.8, 4) is 0 Å². The van der Waals surface area contributed by atoms with E-state index in [1.54, 1.807) is 18.6 Å². The fraction of sp³-hybridized carbons (Fsp3) is 0.471. The first kappa shape index (κ1) is 14.5. The lowest BCUT2D eigenvalue weighted by atomic mass is 9.82. The molecule has 2 aliphatic rings. The number of nitrogens with zero attached hydrogens (tertiary/aromatic N) is 4. The molecule has 120 valence electrons. The quantitative estimate of drug-likeness (QED) is 0.835. The number of hydrogen-bond acceptors (Lipinski definition) is 6. The van der Waals surface area contributed by atoms with Crippen LogP contribution in [0.25, 0.3) is 0 Å². The summed E-state index contributed by atoms with van der Waals surface area (Å²) >= 11 is 0. The molecule has 2 aromatic heterocycles. The molecule has 0 unspecified atom stereocenters. The Labute approximate surface area is 135 Å². The second-order valence-electron chi connectivity index (χ2n) is 6.36. The maximum Gasteiger partial charge on any atom is 0.225 e. The molecule has 6 heteroatoms. The fourth-order valence-corrected chi connectivity index (χ4v) is 3.50. The van der Waals surface area contributed by atoms with Crippen LogP contribution < -0.4 is 4.90 Å². The van der Waals surface area contributed by atoms with Crippen LogP contribution in [0, 0.1) is 11.3 Å². The van der Waals surface area contributed by atoms with Gasteiger partial charge in [-0.1, -0.05) is 6.07 Å². The summed E-state index contributed by atoms with van der Waals surface area (Å²) in [5, 5.41) is 0. The Hall–Kier alpha value is -2.05. The maximum atomic E-state index is 6.01. The first-order valence-electron chi connectivity index (χ1n) is 7.92. The summed E-state index contributed by atoms with van der Waals surface area (Å²) in [6, 6.07) is 5.81. The average Bonchev–Trinajstić information content (AvgIpc) is 3.14. The van der Waals surface area contributed by atoms with Crippen LogP contribution in [0.3, 0.4) is 0 Å². The number of anilines is 1. The molecule has 2 fully saturated rings. The lowest BCUT2D eigenvalue weighted by Crippen LogP contribution is -2.36. The van der Waals surface area contributed by atoms with Crippen LogP contribution >= 0.6 is 0 Å². The lowest BCUT2D eigenvalue weighted by Gasteiger charge is -2.26. The molecule has 0 spiro atoms. The zero-order chi connectivity index (χ0) is 15.5. The summed E-state index contributed by atoms with van der Waals surface area (Å²) < 4.78 is 11.7. The van der Waals surface area contributed by atoms with Crippen LogP contribution in [-0.2, 0) is 16.1 Å². The summed E-state index contributed by atoms with van der Waals surface area (Å²) in [6.45, 7) is 4.63. The van der Waals surface area contributed by atoms with Gasteiger partial charge < -0.3 is 14.4 Å². The number of rotatable bonds is 5. The molecule has 4 heterocycles. The highest BCUT2D eigenvalue weighted by atomic mass is 16.5. The summed E-state index contributed by atoms with van der Waals surface area (Å²) in [6.07, 6.45) is 7.20. The van der Waals surface area contributed by atoms with Crippen molar-refractivity contribution in [3.63, 3.8) is 0 Å². The Kier molecular flexibility index (Phi) is 3.93. The Morgan fingerprint density at radius 3 is 3.00 bits per heavy atom. The molecule has 0 aliphatic carbocycles. The van der Waals surface area contributed by atoms with E-state index in [2.05, 4.69) is 19.9 Å². The predicted octanol–water partition coefficient (Wildman–Crippen LogP) is 1.54. The Bertz CT molecular complexity index is 640. The van der Waals surface area contributed by atoms with Gasteiger partial charge in [0.2, 0.25) is 5.95 Å². The van der Waals surface area contributed by atoms with Crippen LogP contribution in [0.2, 0.25) is 0 Å². The van der Waals surface area contributed by atoms with Crippen molar-refractivity contribution < 1.29 is 9.47 Å². The van der Waals surface area contributed by atoms with Gasteiger partial charge in [0, 0.05) is 49.2 Å². The third kappa shape index (κ3) is 2.92. The SMILES string of the molecule is c1cnc(N2C[C@@H]3COC[C@]3(COCc3cccnc3)C2)nc1. The van der Waals surface area contributed by atoms with Crippen LogP contribution in [0.15, 0.2) is 43.0 Å². The molecule has 23 heavy (non-hydrogen) atoms. The molecule has 6 nitrogen and oxygen atoms in total. The zero-order valence-electron chi connectivity index (χ0n) is 13.0. The van der Waals surface area contributed by atoms with E-state index in [0.717, 1.165) is 37.8 Å². The minimum atomic E-state index is 0.0431. The monoisotopic (exact) mass is 312 g/mol. The standard InChI is InChI=1S/C17H20N4O2/c1-3-14(7-18-4-1)9-22-12-17-11-21(8-15(17)10-23-13-17)16-19-5-2-6-20-16/h1-7,15H,8-13H2/t15-,17-/m1/s1. The number of aromatic nitrogens is 3. The molecule has 4 rings (SSSR count). The molecule has 0 radical (unpaired) electrons. The highest BCUT2D eigenvalue weighted by Gasteiger charge is 2.51. The summed E-state index contributed by atoms with van der Waals surface area (Å²) in [7, 11) is 0. The minimum Gasteiger partial charge on any atom is -0.380 e. The van der Waals surface area contributed by atoms with Crippen molar-refractivity contribution in [3.05, 3.63) is 48.5 Å². The third-order valence-electron chi connectivity index (χ3n) is 4.74.